The summed E-state index contributed by atoms with van der Waals surface area (Å²) in [6, 6.07) is 3.28. The number of fused-ring (bicyclic) bond motifs is 1. The molecule has 1 aromatic carbocycles. The number of carbonyl (C=O) groups excluding carboxylic acids is 1. The molecule has 3 aromatic heterocycles. The van der Waals surface area contributed by atoms with E-state index in [4.69, 9.17) is 5.73 Å². The first-order valence-electron chi connectivity index (χ1n) is 10.4. The molecule has 4 rings (SSSR count). The van der Waals surface area contributed by atoms with Gasteiger partial charge in [-0.3, -0.25) is 9.52 Å². The van der Waals surface area contributed by atoms with Gasteiger partial charge in [-0.1, -0.05) is 12.0 Å². The maximum atomic E-state index is 15.2. The predicted molar refractivity (Wildman–Crippen MR) is 128 cm³/mol. The third-order valence-corrected chi connectivity index (χ3v) is 6.47. The number of halogens is 2. The number of rotatable bonds is 9. The normalized spacial score (nSPS) is 12.5. The van der Waals surface area contributed by atoms with Crippen molar-refractivity contribution in [3.63, 3.8) is 0 Å². The average Bonchev–Trinajstić information content (AvgIpc) is 3.51. The van der Waals surface area contributed by atoms with Gasteiger partial charge < -0.3 is 10.7 Å². The average molecular weight is 516 g/mol. The van der Waals surface area contributed by atoms with Crippen molar-refractivity contribution in [3.8, 4) is 0 Å². The molecule has 0 aliphatic heterocycles. The fraction of sp³-hybridized carbons (Fsp3) is 0.143. The zero-order chi connectivity index (χ0) is 25.9. The Labute approximate surface area is 202 Å². The fourth-order valence-corrected chi connectivity index (χ4v) is 4.50. The van der Waals surface area contributed by atoms with Crippen LogP contribution in [0.1, 0.15) is 34.8 Å². The van der Waals surface area contributed by atoms with Gasteiger partial charge in [-0.15, -0.1) is 5.10 Å². The Kier molecular flexibility index (Phi) is 6.82. The number of hydrogen-bond acceptors (Lipinski definition) is 9. The number of pyridine rings is 1. The van der Waals surface area contributed by atoms with Crippen molar-refractivity contribution in [3.05, 3.63) is 65.1 Å². The molecule has 0 unspecified atom stereocenters. The molecule has 0 saturated heterocycles. The second-order valence-electron chi connectivity index (χ2n) is 7.45. The van der Waals surface area contributed by atoms with E-state index in [-0.39, 0.29) is 34.7 Å². The first-order valence-corrected chi connectivity index (χ1v) is 12.1. The molecule has 0 aliphatic carbocycles. The van der Waals surface area contributed by atoms with Crippen molar-refractivity contribution in [1.29, 1.82) is 0 Å². The molecule has 3 heterocycles. The van der Waals surface area contributed by atoms with Crippen molar-refractivity contribution < 1.29 is 22.0 Å². The van der Waals surface area contributed by atoms with Crippen LogP contribution in [0.3, 0.4) is 0 Å². The van der Waals surface area contributed by atoms with Crippen molar-refractivity contribution in [2.75, 3.05) is 10.5 Å². The number of nitrogens with one attached hydrogen (secondary N) is 3. The van der Waals surface area contributed by atoms with Crippen LogP contribution in [0.2, 0.25) is 0 Å². The van der Waals surface area contributed by atoms with Crippen LogP contribution in [0.4, 0.5) is 20.4 Å². The molecular formula is C21H19F2N9O3S. The third kappa shape index (κ3) is 4.95. The molecule has 12 nitrogen and oxygen atoms in total. The lowest BCUT2D eigenvalue weighted by Gasteiger charge is -2.11. The summed E-state index contributed by atoms with van der Waals surface area (Å²) in [6.45, 7) is 1.64. The van der Waals surface area contributed by atoms with E-state index >= 15 is 4.39 Å². The van der Waals surface area contributed by atoms with Crippen LogP contribution in [0.15, 0.2) is 41.8 Å². The number of aliphatic imine (C=N–C) groups is 1. The summed E-state index contributed by atoms with van der Waals surface area (Å²) in [7, 11) is -3.88. The van der Waals surface area contributed by atoms with E-state index in [2.05, 4.69) is 40.3 Å². The van der Waals surface area contributed by atoms with Gasteiger partial charge >= 0.3 is 0 Å². The molecule has 36 heavy (non-hydrogen) atoms. The summed E-state index contributed by atoms with van der Waals surface area (Å²) >= 11 is 0. The SMILES string of the molecule is CCCS(=O)(=O)Nc1ccc(F)c(C(=O)c2c[nH]c3ncc(C(C=Nc4nn[nH]n4)=CN)cc23)c1F. The number of tetrazole rings is 1. The molecule has 0 radical (unpaired) electrons. The highest BCUT2D eigenvalue weighted by Crippen LogP contribution is 2.28. The van der Waals surface area contributed by atoms with Gasteiger partial charge in [0.05, 0.1) is 17.0 Å². The first kappa shape index (κ1) is 24.6. The summed E-state index contributed by atoms with van der Waals surface area (Å²) in [4.78, 5) is 24.3. The molecule has 0 atom stereocenters. The third-order valence-electron chi connectivity index (χ3n) is 5.00. The number of hydrogen-bond donors (Lipinski definition) is 4. The number of carbonyl (C=O) groups is 1. The van der Waals surface area contributed by atoms with Gasteiger partial charge in [-0.2, -0.15) is 5.21 Å². The summed E-state index contributed by atoms with van der Waals surface area (Å²) < 4.78 is 56.0. The molecule has 15 heteroatoms. The van der Waals surface area contributed by atoms with E-state index < -0.39 is 38.7 Å². The largest absolute Gasteiger partial charge is 0.404 e. The highest BCUT2D eigenvalue weighted by molar-refractivity contribution is 7.92. The van der Waals surface area contributed by atoms with Gasteiger partial charge in [0.15, 0.2) is 5.82 Å². The maximum absolute atomic E-state index is 15.2. The van der Waals surface area contributed by atoms with Crippen molar-refractivity contribution in [2.24, 2.45) is 10.7 Å². The van der Waals surface area contributed by atoms with Gasteiger partial charge in [-0.05, 0) is 29.8 Å². The lowest BCUT2D eigenvalue weighted by molar-refractivity contribution is 0.103. The number of sulfonamides is 1. The Balaban J connectivity index is 1.73. The zero-order valence-corrected chi connectivity index (χ0v) is 19.5. The summed E-state index contributed by atoms with van der Waals surface area (Å²) in [5.41, 5.74) is 5.28. The maximum Gasteiger partial charge on any atom is 0.288 e. The Hall–Kier alpha value is -4.53. The minimum absolute atomic E-state index is 0.0568. The lowest BCUT2D eigenvalue weighted by atomic mass is 10.00. The van der Waals surface area contributed by atoms with Crippen LogP contribution in [-0.4, -0.2) is 56.8 Å². The van der Waals surface area contributed by atoms with Crippen LogP contribution in [0.25, 0.3) is 16.6 Å². The van der Waals surface area contributed by atoms with Crippen molar-refractivity contribution >= 4 is 50.3 Å². The minimum atomic E-state index is -3.88. The number of allylic oxidation sites excluding steroid dienone is 1. The van der Waals surface area contributed by atoms with Crippen LogP contribution >= 0.6 is 0 Å². The summed E-state index contributed by atoms with van der Waals surface area (Å²) in [5, 5.41) is 13.3. The quantitative estimate of drug-likeness (QED) is 0.193. The molecule has 0 bridgehead atoms. The van der Waals surface area contributed by atoms with E-state index in [9.17, 15) is 17.6 Å². The molecule has 0 aliphatic rings. The molecule has 0 saturated carbocycles. The number of ketones is 1. The van der Waals surface area contributed by atoms with E-state index in [0.29, 0.717) is 11.1 Å². The van der Waals surface area contributed by atoms with Gasteiger partial charge in [0, 0.05) is 46.9 Å². The van der Waals surface area contributed by atoms with Crippen molar-refractivity contribution in [1.82, 2.24) is 30.6 Å². The number of benzene rings is 1. The van der Waals surface area contributed by atoms with Crippen LogP contribution in [0.5, 0.6) is 0 Å². The molecule has 0 spiro atoms. The molecule has 0 amide bonds. The Morgan fingerprint density at radius 1 is 1.31 bits per heavy atom. The van der Waals surface area contributed by atoms with Crippen LogP contribution in [-0.2, 0) is 10.0 Å². The molecule has 0 fully saturated rings. The zero-order valence-electron chi connectivity index (χ0n) is 18.7. The Morgan fingerprint density at radius 3 is 2.81 bits per heavy atom. The number of nitrogens with zero attached hydrogens (tertiary/aromatic N) is 5. The smallest absolute Gasteiger partial charge is 0.288 e. The first-order chi connectivity index (χ1) is 17.2. The molecule has 4 aromatic rings. The Morgan fingerprint density at radius 2 is 2.11 bits per heavy atom. The Bertz CT molecular complexity index is 1600. The number of H-pyrrole nitrogens is 2. The molecular weight excluding hydrogens is 496 g/mol. The number of anilines is 1. The van der Waals surface area contributed by atoms with Gasteiger partial charge in [0.2, 0.25) is 15.8 Å². The fourth-order valence-electron chi connectivity index (χ4n) is 3.36. The monoisotopic (exact) mass is 515 g/mol. The van der Waals surface area contributed by atoms with E-state index in [0.717, 1.165) is 12.1 Å². The van der Waals surface area contributed by atoms with Gasteiger partial charge in [0.1, 0.15) is 11.5 Å². The van der Waals surface area contributed by atoms with Crippen LogP contribution < -0.4 is 10.5 Å². The van der Waals surface area contributed by atoms with Crippen LogP contribution in [0, 0.1) is 11.6 Å². The lowest BCUT2D eigenvalue weighted by Crippen LogP contribution is -2.18. The van der Waals surface area contributed by atoms with E-state index in [1.165, 1.54) is 30.9 Å². The number of aromatic nitrogens is 6. The van der Waals surface area contributed by atoms with E-state index in [1.807, 2.05) is 0 Å². The molecule has 5 N–H and O–H groups in total. The number of nitrogens with two attached hydrogens (primary N) is 1. The highest BCUT2D eigenvalue weighted by atomic mass is 32.2. The predicted octanol–water partition coefficient (Wildman–Crippen LogP) is 2.44. The number of aromatic amines is 2. The summed E-state index contributed by atoms with van der Waals surface area (Å²) in [5.74, 6) is -3.69. The van der Waals surface area contributed by atoms with Gasteiger partial charge in [0.25, 0.3) is 5.95 Å². The van der Waals surface area contributed by atoms with E-state index in [1.54, 1.807) is 6.92 Å². The molecule has 186 valence electrons. The second-order valence-corrected chi connectivity index (χ2v) is 9.29. The van der Waals surface area contributed by atoms with Crippen molar-refractivity contribution in [2.45, 2.75) is 13.3 Å². The van der Waals surface area contributed by atoms with Gasteiger partial charge in [-0.25, -0.2) is 27.2 Å². The summed E-state index contributed by atoms with van der Waals surface area (Å²) in [6.07, 6.45) is 5.60. The topological polar surface area (TPSA) is 185 Å². The highest BCUT2D eigenvalue weighted by Gasteiger charge is 2.26. The second kappa shape index (κ2) is 9.99. The standard InChI is InChI=1S/C21H19F2N9O3S/c1-2-5-36(34,35)30-16-4-3-15(22)17(18(16)23)19(33)14-10-26-20-13(14)6-11(8-25-20)12(7-24)9-27-21-28-31-32-29-21/h3-4,6-10,30H,2,5,24H2,1H3,(H,25,26)(H,28,29,31,32). The minimum Gasteiger partial charge on any atom is -0.404 e.